The van der Waals surface area contributed by atoms with Crippen LogP contribution in [0.25, 0.3) is 0 Å². The second-order valence-corrected chi connectivity index (χ2v) is 10.5. The number of alkyl halides is 4. The standard InChI is InChI=1S/C20H35F4N5O/c1-18(2,3)14-13(21)15(29-28-14)25-17(27-19(4,5)6)26-16(30)11-7-9-12(10-8-11)20(22,23)24/h11-15,28-29H,7-10H2,1-6H3,(H2,25,26,27,30). The maximum absolute atomic E-state index is 14.9. The number of carbonyl (C=O) groups is 1. The minimum Gasteiger partial charge on any atom is -0.351 e. The third-order valence-electron chi connectivity index (χ3n) is 5.50. The molecule has 3 atom stereocenters. The summed E-state index contributed by atoms with van der Waals surface area (Å²) in [6.07, 6.45) is -6.23. The summed E-state index contributed by atoms with van der Waals surface area (Å²) in [7, 11) is 0. The molecule has 0 spiro atoms. The Morgan fingerprint density at radius 3 is 1.97 bits per heavy atom. The molecule has 2 aliphatic rings. The van der Waals surface area contributed by atoms with Crippen LogP contribution in [0.4, 0.5) is 17.6 Å². The van der Waals surface area contributed by atoms with Gasteiger partial charge in [0.25, 0.3) is 0 Å². The first-order valence-corrected chi connectivity index (χ1v) is 10.5. The molecule has 1 heterocycles. The van der Waals surface area contributed by atoms with Gasteiger partial charge in [0.15, 0.2) is 12.1 Å². The fourth-order valence-electron chi connectivity index (χ4n) is 3.81. The molecule has 0 aromatic carbocycles. The van der Waals surface area contributed by atoms with Crippen LogP contribution >= 0.6 is 0 Å². The van der Waals surface area contributed by atoms with E-state index in [9.17, 15) is 22.4 Å². The van der Waals surface area contributed by atoms with Gasteiger partial charge in [-0.05, 0) is 51.9 Å². The number of carbonyl (C=O) groups excluding carboxylic acids is 1. The van der Waals surface area contributed by atoms with Crippen LogP contribution in [-0.2, 0) is 4.79 Å². The molecule has 174 valence electrons. The minimum atomic E-state index is -4.22. The summed E-state index contributed by atoms with van der Waals surface area (Å²) in [4.78, 5) is 17.0. The third kappa shape index (κ3) is 6.80. The van der Waals surface area contributed by atoms with E-state index >= 15 is 0 Å². The largest absolute Gasteiger partial charge is 0.391 e. The van der Waals surface area contributed by atoms with E-state index in [4.69, 9.17) is 0 Å². The molecular formula is C20H35F4N5O. The van der Waals surface area contributed by atoms with Gasteiger partial charge in [0.05, 0.1) is 12.0 Å². The molecule has 1 aliphatic carbocycles. The van der Waals surface area contributed by atoms with Gasteiger partial charge in [0, 0.05) is 11.5 Å². The van der Waals surface area contributed by atoms with Gasteiger partial charge in [-0.25, -0.2) is 20.2 Å². The van der Waals surface area contributed by atoms with Crippen molar-refractivity contribution in [2.24, 2.45) is 22.2 Å². The van der Waals surface area contributed by atoms with Crippen molar-refractivity contribution in [2.75, 3.05) is 0 Å². The zero-order valence-electron chi connectivity index (χ0n) is 18.6. The summed E-state index contributed by atoms with van der Waals surface area (Å²) in [6.45, 7) is 11.4. The summed E-state index contributed by atoms with van der Waals surface area (Å²) in [5.41, 5.74) is 4.95. The molecule has 0 aromatic heterocycles. The van der Waals surface area contributed by atoms with Crippen LogP contribution in [-0.4, -0.2) is 42.0 Å². The molecule has 1 saturated heterocycles. The van der Waals surface area contributed by atoms with E-state index in [0.717, 1.165) is 0 Å². The molecule has 0 bridgehead atoms. The first-order valence-electron chi connectivity index (χ1n) is 10.5. The second kappa shape index (κ2) is 8.98. The summed E-state index contributed by atoms with van der Waals surface area (Å²) in [5.74, 6) is -2.15. The van der Waals surface area contributed by atoms with E-state index in [-0.39, 0.29) is 43.0 Å². The van der Waals surface area contributed by atoms with Gasteiger partial charge >= 0.3 is 6.18 Å². The number of aliphatic imine (C=N–C) groups is 1. The van der Waals surface area contributed by atoms with Crippen LogP contribution in [0.3, 0.4) is 0 Å². The van der Waals surface area contributed by atoms with Gasteiger partial charge in [0.1, 0.15) is 6.17 Å². The Morgan fingerprint density at radius 1 is 0.967 bits per heavy atom. The van der Waals surface area contributed by atoms with Crippen molar-refractivity contribution in [2.45, 2.75) is 97.3 Å². The smallest absolute Gasteiger partial charge is 0.351 e. The molecule has 4 N–H and O–H groups in total. The number of hydrogen-bond donors (Lipinski definition) is 4. The average molecular weight is 438 g/mol. The van der Waals surface area contributed by atoms with Crippen LogP contribution in [0, 0.1) is 17.3 Å². The summed E-state index contributed by atoms with van der Waals surface area (Å²) in [5, 5.41) is 5.75. The molecule has 0 aromatic rings. The van der Waals surface area contributed by atoms with Crippen molar-refractivity contribution in [1.82, 2.24) is 21.5 Å². The van der Waals surface area contributed by atoms with E-state index in [1.807, 2.05) is 41.5 Å². The summed E-state index contributed by atoms with van der Waals surface area (Å²) >= 11 is 0. The van der Waals surface area contributed by atoms with Crippen LogP contribution in [0.2, 0.25) is 0 Å². The van der Waals surface area contributed by atoms with Crippen LogP contribution < -0.4 is 21.5 Å². The van der Waals surface area contributed by atoms with E-state index in [0.29, 0.717) is 0 Å². The van der Waals surface area contributed by atoms with E-state index < -0.39 is 41.9 Å². The topological polar surface area (TPSA) is 77.6 Å². The maximum atomic E-state index is 14.9. The number of nitrogens with one attached hydrogen (secondary N) is 4. The Hall–Kier alpha value is -1.42. The second-order valence-electron chi connectivity index (χ2n) is 10.5. The molecule has 1 amide bonds. The zero-order chi connectivity index (χ0) is 22.9. The summed E-state index contributed by atoms with van der Waals surface area (Å²) < 4.78 is 53.5. The minimum absolute atomic E-state index is 0.0608. The molecule has 10 heteroatoms. The first kappa shape index (κ1) is 24.8. The third-order valence-corrected chi connectivity index (χ3v) is 5.50. The summed E-state index contributed by atoms with van der Waals surface area (Å²) in [6, 6.07) is -0.463. The van der Waals surface area contributed by atoms with Gasteiger partial charge in [-0.3, -0.25) is 10.1 Å². The molecule has 2 fully saturated rings. The van der Waals surface area contributed by atoms with Crippen molar-refractivity contribution in [1.29, 1.82) is 0 Å². The molecule has 0 radical (unpaired) electrons. The predicted molar refractivity (Wildman–Crippen MR) is 108 cm³/mol. The number of rotatable bonds is 2. The monoisotopic (exact) mass is 437 g/mol. The maximum Gasteiger partial charge on any atom is 0.391 e. The molecular weight excluding hydrogens is 402 g/mol. The molecule has 1 aliphatic heterocycles. The first-order chi connectivity index (χ1) is 13.6. The molecule has 30 heavy (non-hydrogen) atoms. The lowest BCUT2D eigenvalue weighted by Crippen LogP contribution is -2.52. The van der Waals surface area contributed by atoms with E-state index in [2.05, 4.69) is 26.5 Å². The van der Waals surface area contributed by atoms with Crippen molar-refractivity contribution in [3.8, 4) is 0 Å². The Labute approximate surface area is 176 Å². The van der Waals surface area contributed by atoms with Crippen molar-refractivity contribution in [3.05, 3.63) is 0 Å². The highest BCUT2D eigenvalue weighted by Crippen LogP contribution is 2.39. The average Bonchev–Trinajstić information content (AvgIpc) is 2.93. The lowest BCUT2D eigenvalue weighted by molar-refractivity contribution is -0.184. The highest BCUT2D eigenvalue weighted by molar-refractivity contribution is 5.98. The lowest BCUT2D eigenvalue weighted by atomic mass is 9.81. The van der Waals surface area contributed by atoms with Crippen LogP contribution in [0.15, 0.2) is 4.99 Å². The SMILES string of the molecule is CC(C)(C)N/C(=N\C1NNC(C(C)(C)C)C1F)NC(=O)C1CCC(C(F)(F)F)CC1. The van der Waals surface area contributed by atoms with Crippen molar-refractivity contribution < 1.29 is 22.4 Å². The van der Waals surface area contributed by atoms with Crippen LogP contribution in [0.5, 0.6) is 0 Å². The number of hydrazine groups is 1. The predicted octanol–water partition coefficient (Wildman–Crippen LogP) is 3.40. The zero-order valence-corrected chi connectivity index (χ0v) is 18.6. The molecule has 1 saturated carbocycles. The Morgan fingerprint density at radius 2 is 1.53 bits per heavy atom. The number of halogens is 4. The van der Waals surface area contributed by atoms with Crippen LogP contribution in [0.1, 0.15) is 67.2 Å². The van der Waals surface area contributed by atoms with Gasteiger partial charge in [0.2, 0.25) is 5.91 Å². The quantitative estimate of drug-likeness (QED) is 0.303. The van der Waals surface area contributed by atoms with E-state index in [1.165, 1.54) is 0 Å². The number of guanidine groups is 1. The van der Waals surface area contributed by atoms with Crippen molar-refractivity contribution in [3.63, 3.8) is 0 Å². The molecule has 6 nitrogen and oxygen atoms in total. The Bertz CT molecular complexity index is 631. The van der Waals surface area contributed by atoms with Crippen molar-refractivity contribution >= 4 is 11.9 Å². The highest BCUT2D eigenvalue weighted by Gasteiger charge is 2.44. The normalized spacial score (nSPS) is 31.5. The lowest BCUT2D eigenvalue weighted by Gasteiger charge is -2.30. The Kier molecular flexibility index (Phi) is 7.44. The fraction of sp³-hybridized carbons (Fsp3) is 0.900. The molecule has 2 rings (SSSR count). The number of amides is 1. The van der Waals surface area contributed by atoms with Gasteiger partial charge in [-0.2, -0.15) is 13.2 Å². The highest BCUT2D eigenvalue weighted by atomic mass is 19.4. The van der Waals surface area contributed by atoms with Gasteiger partial charge in [-0.15, -0.1) is 0 Å². The molecule has 3 unspecified atom stereocenters. The number of nitrogens with zero attached hydrogens (tertiary/aromatic N) is 1. The van der Waals surface area contributed by atoms with E-state index in [1.54, 1.807) is 0 Å². The Balaban J connectivity index is 2.07. The number of hydrogen-bond acceptors (Lipinski definition) is 4. The van der Waals surface area contributed by atoms with Gasteiger partial charge in [-0.1, -0.05) is 20.8 Å². The van der Waals surface area contributed by atoms with Gasteiger partial charge < -0.3 is 5.32 Å². The fourth-order valence-corrected chi connectivity index (χ4v) is 3.81.